The number of halogens is 12. The summed E-state index contributed by atoms with van der Waals surface area (Å²) in [4.78, 5) is 50.1. The van der Waals surface area contributed by atoms with Gasteiger partial charge in [0.25, 0.3) is 5.91 Å². The molecule has 0 spiro atoms. The Kier molecular flexibility index (Phi) is 13.0. The Morgan fingerprint density at radius 3 is 2.02 bits per heavy atom. The second kappa shape index (κ2) is 17.0. The summed E-state index contributed by atoms with van der Waals surface area (Å²) < 4.78 is 156. The molecule has 2 fully saturated rings. The molecule has 24 heteroatoms. The van der Waals surface area contributed by atoms with Crippen molar-refractivity contribution in [3.63, 3.8) is 0 Å². The van der Waals surface area contributed by atoms with E-state index in [1.54, 1.807) is 6.92 Å². The monoisotopic (exact) mass is 907 g/mol. The number of aromatic nitrogens is 2. The van der Waals surface area contributed by atoms with Gasteiger partial charge in [0.05, 0.1) is 21.8 Å². The minimum absolute atomic E-state index is 0.00513. The van der Waals surface area contributed by atoms with E-state index in [1.165, 1.54) is 23.1 Å². The van der Waals surface area contributed by atoms with Gasteiger partial charge in [-0.2, -0.15) is 31.4 Å². The van der Waals surface area contributed by atoms with Gasteiger partial charge in [0, 0.05) is 35.0 Å². The summed E-state index contributed by atoms with van der Waals surface area (Å²) in [6.07, 6.45) is -16.0. The van der Waals surface area contributed by atoms with Crippen LogP contribution in [0.15, 0.2) is 54.9 Å². The fraction of sp³-hybridized carbons (Fsp3) is 0.417. The standard InChI is InChI=1S/C36H29Cl2F10N3O9/c1-32(10-11-32)50(17-57-31(56)59-22-5-3-21(4-6-22)58-28(54)9-8-27(52)53)30(55)23-12-18(2-7-24(23)37)19-15-49-51(16-19)29-25(38)13-20(14-26(29)60-36(46,47)48)33(39,34(40,41)42)35(43,44)45/h2,7-9,12-16,21-22H,3-6,10-11,17H2,1H3,(H,52,53)/b9-8+/t21-,22+. The first-order valence-corrected chi connectivity index (χ1v) is 18.0. The van der Waals surface area contributed by atoms with E-state index < -0.39 is 101 Å². The lowest BCUT2D eigenvalue weighted by molar-refractivity contribution is -0.348. The lowest BCUT2D eigenvalue weighted by Crippen LogP contribution is -2.50. The van der Waals surface area contributed by atoms with E-state index in [2.05, 4.69) is 9.84 Å². The van der Waals surface area contributed by atoms with Crippen LogP contribution in [-0.2, 0) is 29.5 Å². The second-order valence-electron chi connectivity index (χ2n) is 13.8. The zero-order chi connectivity index (χ0) is 44.6. The van der Waals surface area contributed by atoms with Gasteiger partial charge in [-0.1, -0.05) is 29.3 Å². The Balaban J connectivity index is 1.34. The molecule has 0 radical (unpaired) electrons. The molecule has 2 aromatic carbocycles. The highest BCUT2D eigenvalue weighted by Gasteiger charge is 2.73. The van der Waals surface area contributed by atoms with E-state index in [0.29, 0.717) is 36.4 Å². The number of carbonyl (C=O) groups excluding carboxylic acids is 3. The maximum atomic E-state index is 14.9. The maximum Gasteiger partial charge on any atom is 0.573 e. The molecule has 5 rings (SSSR count). The predicted molar refractivity (Wildman–Crippen MR) is 186 cm³/mol. The number of carbonyl (C=O) groups is 4. The SMILES string of the molecule is CC1(N(COC(=O)O[C@H]2CC[C@@H](OC(=O)/C=C/C(=O)O)CC2)C(=O)c2cc(-c3cnn(-c4c(Cl)cc(C(F)(C(F)(F)F)C(F)(F)F)cc4OC(F)(F)F)c3)ccc2Cl)CC1. The van der Waals surface area contributed by atoms with Gasteiger partial charge in [-0.25, -0.2) is 23.5 Å². The maximum absolute atomic E-state index is 14.9. The summed E-state index contributed by atoms with van der Waals surface area (Å²) >= 11 is 12.3. The van der Waals surface area contributed by atoms with Gasteiger partial charge in [0.2, 0.25) is 0 Å². The molecule has 3 aromatic rings. The Hall–Kier alpha value is -5.25. The summed E-state index contributed by atoms with van der Waals surface area (Å²) in [6, 6.07) is 3.21. The minimum atomic E-state index is -6.69. The number of nitrogens with zero attached hydrogens (tertiary/aromatic N) is 3. The Morgan fingerprint density at radius 1 is 0.867 bits per heavy atom. The molecule has 2 aliphatic carbocycles. The molecule has 1 heterocycles. The van der Waals surface area contributed by atoms with E-state index >= 15 is 0 Å². The highest BCUT2D eigenvalue weighted by molar-refractivity contribution is 6.34. The van der Waals surface area contributed by atoms with Crippen molar-refractivity contribution in [2.75, 3.05) is 6.73 Å². The average Bonchev–Trinajstić information content (AvgIpc) is 3.68. The van der Waals surface area contributed by atoms with Crippen molar-refractivity contribution in [1.29, 1.82) is 0 Å². The van der Waals surface area contributed by atoms with E-state index in [4.69, 9.17) is 42.5 Å². The number of rotatable bonds is 12. The van der Waals surface area contributed by atoms with Gasteiger partial charge in [0.1, 0.15) is 17.9 Å². The number of hydrogen-bond acceptors (Lipinski definition) is 9. The van der Waals surface area contributed by atoms with Crippen molar-refractivity contribution in [2.24, 2.45) is 0 Å². The third-order valence-corrected chi connectivity index (χ3v) is 10.1. The molecule has 0 unspecified atom stereocenters. The molecule has 60 heavy (non-hydrogen) atoms. The summed E-state index contributed by atoms with van der Waals surface area (Å²) in [5, 5.41) is 11.1. The molecule has 1 N–H and O–H groups in total. The first-order chi connectivity index (χ1) is 27.7. The van der Waals surface area contributed by atoms with Crippen LogP contribution in [0.5, 0.6) is 5.75 Å². The van der Waals surface area contributed by atoms with Crippen LogP contribution in [0.4, 0.5) is 48.7 Å². The quantitative estimate of drug-likeness (QED) is 0.0807. The van der Waals surface area contributed by atoms with Gasteiger partial charge in [-0.3, -0.25) is 9.69 Å². The summed E-state index contributed by atoms with van der Waals surface area (Å²) in [5.41, 5.74) is -10.4. The topological polar surface area (TPSA) is 146 Å². The summed E-state index contributed by atoms with van der Waals surface area (Å²) in [7, 11) is 0. The predicted octanol–water partition coefficient (Wildman–Crippen LogP) is 9.63. The molecule has 1 aromatic heterocycles. The molecule has 0 bridgehead atoms. The Morgan fingerprint density at radius 2 is 1.47 bits per heavy atom. The molecule has 2 aliphatic rings. The largest absolute Gasteiger partial charge is 0.573 e. The number of ether oxygens (including phenoxy) is 4. The smallest absolute Gasteiger partial charge is 0.478 e. The highest BCUT2D eigenvalue weighted by atomic mass is 35.5. The molecule has 1 amide bonds. The number of carboxylic acid groups (broad SMARTS) is 1. The minimum Gasteiger partial charge on any atom is -0.478 e. The normalized spacial score (nSPS) is 18.1. The van der Waals surface area contributed by atoms with Gasteiger partial charge in [0.15, 0.2) is 12.5 Å². The number of carboxylic acids is 1. The zero-order valence-electron chi connectivity index (χ0n) is 30.4. The average molecular weight is 909 g/mol. The molecular formula is C36H29Cl2F10N3O9. The van der Waals surface area contributed by atoms with Crippen LogP contribution in [-0.4, -0.2) is 87.0 Å². The van der Waals surface area contributed by atoms with Crippen molar-refractivity contribution < 1.29 is 87.1 Å². The molecule has 326 valence electrons. The van der Waals surface area contributed by atoms with E-state index in [1.807, 2.05) is 0 Å². The van der Waals surface area contributed by atoms with Gasteiger partial charge < -0.3 is 24.1 Å². The lowest BCUT2D eigenvalue weighted by atomic mass is 9.93. The lowest BCUT2D eigenvalue weighted by Gasteiger charge is -2.31. The van der Waals surface area contributed by atoms with Crippen LogP contribution in [0, 0.1) is 0 Å². The third-order valence-electron chi connectivity index (χ3n) is 9.49. The van der Waals surface area contributed by atoms with Gasteiger partial charge >= 0.3 is 42.5 Å². The molecular weight excluding hydrogens is 879 g/mol. The van der Waals surface area contributed by atoms with Gasteiger partial charge in [-0.05, 0) is 75.3 Å². The van der Waals surface area contributed by atoms with Crippen LogP contribution >= 0.6 is 23.2 Å². The molecule has 0 aliphatic heterocycles. The Labute approximate surface area is 341 Å². The third kappa shape index (κ3) is 10.4. The fourth-order valence-electron chi connectivity index (χ4n) is 6.10. The highest BCUT2D eigenvalue weighted by Crippen LogP contribution is 2.55. The van der Waals surface area contributed by atoms with E-state index in [0.717, 1.165) is 18.5 Å². The molecule has 2 saturated carbocycles. The van der Waals surface area contributed by atoms with E-state index in [-0.39, 0.29) is 40.6 Å². The number of benzene rings is 2. The van der Waals surface area contributed by atoms with Crippen LogP contribution in [0.25, 0.3) is 16.8 Å². The Bertz CT molecular complexity index is 2150. The van der Waals surface area contributed by atoms with Crippen molar-refractivity contribution in [2.45, 2.75) is 87.6 Å². The summed E-state index contributed by atoms with van der Waals surface area (Å²) in [5.74, 6) is -4.69. The fourth-order valence-corrected chi connectivity index (χ4v) is 6.60. The van der Waals surface area contributed by atoms with Gasteiger partial charge in [-0.15, -0.1) is 13.2 Å². The van der Waals surface area contributed by atoms with Crippen molar-refractivity contribution in [1.82, 2.24) is 14.7 Å². The summed E-state index contributed by atoms with van der Waals surface area (Å²) in [6.45, 7) is 1.09. The first-order valence-electron chi connectivity index (χ1n) is 17.3. The van der Waals surface area contributed by atoms with Crippen molar-refractivity contribution in [3.8, 4) is 22.6 Å². The number of alkyl halides is 10. The zero-order valence-corrected chi connectivity index (χ0v) is 31.9. The second-order valence-corrected chi connectivity index (χ2v) is 14.6. The van der Waals surface area contributed by atoms with E-state index in [9.17, 15) is 63.1 Å². The van der Waals surface area contributed by atoms with Crippen LogP contribution in [0.3, 0.4) is 0 Å². The molecule has 0 atom stereocenters. The number of hydrogen-bond donors (Lipinski definition) is 1. The first kappa shape index (κ1) is 45.8. The number of amides is 1. The number of esters is 1. The molecule has 0 saturated heterocycles. The van der Waals surface area contributed by atoms with Crippen molar-refractivity contribution in [3.05, 3.63) is 76.0 Å². The van der Waals surface area contributed by atoms with Crippen LogP contribution < -0.4 is 4.74 Å². The van der Waals surface area contributed by atoms with Crippen LogP contribution in [0.2, 0.25) is 10.0 Å². The number of aliphatic carboxylic acids is 1. The molecule has 12 nitrogen and oxygen atoms in total. The van der Waals surface area contributed by atoms with Crippen molar-refractivity contribution >= 4 is 47.2 Å². The van der Waals surface area contributed by atoms with Crippen LogP contribution in [0.1, 0.15) is 61.4 Å².